The van der Waals surface area contributed by atoms with Gasteiger partial charge in [-0.2, -0.15) is 0 Å². The third-order valence-corrected chi connectivity index (χ3v) is 3.62. The monoisotopic (exact) mass is 233 g/mol. The molecule has 2 heteroatoms. The van der Waals surface area contributed by atoms with Crippen LogP contribution in [0, 0.1) is 6.92 Å². The maximum absolute atomic E-state index is 5.42. The van der Waals surface area contributed by atoms with Crippen LogP contribution in [-0.2, 0) is 11.2 Å². The average molecular weight is 233 g/mol. The molecule has 0 N–H and O–H groups in total. The lowest BCUT2D eigenvalue weighted by Crippen LogP contribution is -2.51. The van der Waals surface area contributed by atoms with Gasteiger partial charge in [0, 0.05) is 18.6 Å². The molecule has 0 saturated carbocycles. The molecule has 1 aromatic rings. The zero-order chi connectivity index (χ0) is 12.3. The molecule has 0 radical (unpaired) electrons. The van der Waals surface area contributed by atoms with Crippen molar-refractivity contribution in [3.05, 3.63) is 35.4 Å². The first-order chi connectivity index (χ1) is 8.08. The third kappa shape index (κ3) is 3.30. The van der Waals surface area contributed by atoms with Crippen LogP contribution in [0.5, 0.6) is 0 Å². The summed E-state index contributed by atoms with van der Waals surface area (Å²) in [6.45, 7) is 10.7. The second kappa shape index (κ2) is 5.19. The summed E-state index contributed by atoms with van der Waals surface area (Å²) in [7, 11) is 0. The summed E-state index contributed by atoms with van der Waals surface area (Å²) < 4.78 is 5.42. The fraction of sp³-hybridized carbons (Fsp3) is 0.600. The molecule has 1 heterocycles. The first-order valence-electron chi connectivity index (χ1n) is 6.46. The molecular formula is C15H23NO. The Bertz CT molecular complexity index is 350. The van der Waals surface area contributed by atoms with Gasteiger partial charge in [0.2, 0.25) is 0 Å². The summed E-state index contributed by atoms with van der Waals surface area (Å²) in [5.74, 6) is 0. The molecule has 1 fully saturated rings. The van der Waals surface area contributed by atoms with Gasteiger partial charge in [0.1, 0.15) is 0 Å². The minimum Gasteiger partial charge on any atom is -0.379 e. The Morgan fingerprint density at radius 2 is 1.71 bits per heavy atom. The van der Waals surface area contributed by atoms with Gasteiger partial charge in [-0.3, -0.25) is 4.90 Å². The highest BCUT2D eigenvalue weighted by molar-refractivity contribution is 5.23. The van der Waals surface area contributed by atoms with Crippen molar-refractivity contribution in [1.29, 1.82) is 0 Å². The molecular weight excluding hydrogens is 210 g/mol. The van der Waals surface area contributed by atoms with Gasteiger partial charge in [-0.25, -0.2) is 0 Å². The van der Waals surface area contributed by atoms with E-state index in [0.717, 1.165) is 32.7 Å². The average Bonchev–Trinajstić information content (AvgIpc) is 2.33. The first kappa shape index (κ1) is 12.6. The number of rotatable bonds is 3. The summed E-state index contributed by atoms with van der Waals surface area (Å²) in [6.07, 6.45) is 1.10. The zero-order valence-electron chi connectivity index (χ0n) is 11.2. The van der Waals surface area contributed by atoms with Crippen LogP contribution in [0.15, 0.2) is 24.3 Å². The molecule has 1 aliphatic rings. The predicted octanol–water partition coefficient (Wildman–Crippen LogP) is 2.65. The molecule has 0 bridgehead atoms. The van der Waals surface area contributed by atoms with Crippen LogP contribution < -0.4 is 0 Å². The lowest BCUT2D eigenvalue weighted by Gasteiger charge is -2.41. The minimum absolute atomic E-state index is 0.221. The second-order valence-corrected chi connectivity index (χ2v) is 5.57. The predicted molar refractivity (Wildman–Crippen MR) is 71.4 cm³/mol. The molecule has 1 aromatic carbocycles. The van der Waals surface area contributed by atoms with E-state index in [4.69, 9.17) is 4.74 Å². The van der Waals surface area contributed by atoms with Crippen molar-refractivity contribution < 1.29 is 4.74 Å². The maximum atomic E-state index is 5.42. The van der Waals surface area contributed by atoms with Crippen LogP contribution in [0.1, 0.15) is 25.0 Å². The van der Waals surface area contributed by atoms with E-state index >= 15 is 0 Å². The Morgan fingerprint density at radius 1 is 1.12 bits per heavy atom. The standard InChI is InChI=1S/C15H23NO/c1-13-4-6-14(7-5-13)12-15(2,3)16-8-10-17-11-9-16/h4-7H,8-12H2,1-3H3. The summed E-state index contributed by atoms with van der Waals surface area (Å²) >= 11 is 0. The molecule has 2 nitrogen and oxygen atoms in total. The van der Waals surface area contributed by atoms with Crippen molar-refractivity contribution in [3.8, 4) is 0 Å². The molecule has 1 aliphatic heterocycles. The highest BCUT2D eigenvalue weighted by Gasteiger charge is 2.28. The fourth-order valence-corrected chi connectivity index (χ4v) is 2.49. The van der Waals surface area contributed by atoms with Crippen molar-refractivity contribution in [1.82, 2.24) is 4.90 Å². The SMILES string of the molecule is Cc1ccc(CC(C)(C)N2CCOCC2)cc1. The number of ether oxygens (including phenoxy) is 1. The van der Waals surface area contributed by atoms with E-state index < -0.39 is 0 Å². The molecule has 0 atom stereocenters. The summed E-state index contributed by atoms with van der Waals surface area (Å²) in [5, 5.41) is 0. The van der Waals surface area contributed by atoms with Crippen LogP contribution in [0.25, 0.3) is 0 Å². The Hall–Kier alpha value is -0.860. The third-order valence-electron chi connectivity index (χ3n) is 3.62. The number of morpholine rings is 1. The van der Waals surface area contributed by atoms with Gasteiger partial charge in [0.25, 0.3) is 0 Å². The van der Waals surface area contributed by atoms with E-state index in [1.54, 1.807) is 0 Å². The van der Waals surface area contributed by atoms with Crippen molar-refractivity contribution in [3.63, 3.8) is 0 Å². The van der Waals surface area contributed by atoms with E-state index in [-0.39, 0.29) is 5.54 Å². The van der Waals surface area contributed by atoms with Crippen molar-refractivity contribution in [2.45, 2.75) is 32.7 Å². The number of nitrogens with zero attached hydrogens (tertiary/aromatic N) is 1. The number of benzene rings is 1. The number of hydrogen-bond donors (Lipinski definition) is 0. The Kier molecular flexibility index (Phi) is 3.85. The normalized spacial score (nSPS) is 18.3. The van der Waals surface area contributed by atoms with Crippen LogP contribution in [0.3, 0.4) is 0 Å². The lowest BCUT2D eigenvalue weighted by molar-refractivity contribution is -0.00984. The molecule has 1 saturated heterocycles. The smallest absolute Gasteiger partial charge is 0.0594 e. The topological polar surface area (TPSA) is 12.5 Å². The lowest BCUT2D eigenvalue weighted by atomic mass is 9.92. The highest BCUT2D eigenvalue weighted by Crippen LogP contribution is 2.21. The van der Waals surface area contributed by atoms with Gasteiger partial charge in [-0.1, -0.05) is 29.8 Å². The van der Waals surface area contributed by atoms with Gasteiger partial charge in [-0.15, -0.1) is 0 Å². The molecule has 0 unspecified atom stereocenters. The van der Waals surface area contributed by atoms with Crippen LogP contribution in [0.2, 0.25) is 0 Å². The first-order valence-corrected chi connectivity index (χ1v) is 6.46. The molecule has 0 aliphatic carbocycles. The van der Waals surface area contributed by atoms with Crippen molar-refractivity contribution in [2.75, 3.05) is 26.3 Å². The summed E-state index contributed by atoms with van der Waals surface area (Å²) in [4.78, 5) is 2.54. The van der Waals surface area contributed by atoms with Gasteiger partial charge < -0.3 is 4.74 Å². The quantitative estimate of drug-likeness (QED) is 0.796. The molecule has 2 rings (SSSR count). The van der Waals surface area contributed by atoms with Gasteiger partial charge in [0.05, 0.1) is 13.2 Å². The van der Waals surface area contributed by atoms with Crippen molar-refractivity contribution >= 4 is 0 Å². The number of aryl methyl sites for hydroxylation is 1. The summed E-state index contributed by atoms with van der Waals surface area (Å²) in [6, 6.07) is 8.89. The van der Waals surface area contributed by atoms with E-state index in [2.05, 4.69) is 49.9 Å². The van der Waals surface area contributed by atoms with Crippen LogP contribution in [-0.4, -0.2) is 36.7 Å². The van der Waals surface area contributed by atoms with Gasteiger partial charge in [0.15, 0.2) is 0 Å². The van der Waals surface area contributed by atoms with E-state index in [1.807, 2.05) is 0 Å². The molecule has 0 amide bonds. The Labute approximate surface area is 105 Å². The fourth-order valence-electron chi connectivity index (χ4n) is 2.49. The maximum Gasteiger partial charge on any atom is 0.0594 e. The largest absolute Gasteiger partial charge is 0.379 e. The van der Waals surface area contributed by atoms with E-state index in [1.165, 1.54) is 11.1 Å². The molecule has 0 spiro atoms. The minimum atomic E-state index is 0.221. The highest BCUT2D eigenvalue weighted by atomic mass is 16.5. The Balaban J connectivity index is 2.02. The number of hydrogen-bond acceptors (Lipinski definition) is 2. The van der Waals surface area contributed by atoms with Crippen LogP contribution >= 0.6 is 0 Å². The summed E-state index contributed by atoms with van der Waals surface area (Å²) in [5.41, 5.74) is 2.98. The molecule has 17 heavy (non-hydrogen) atoms. The van der Waals surface area contributed by atoms with E-state index in [9.17, 15) is 0 Å². The van der Waals surface area contributed by atoms with E-state index in [0.29, 0.717) is 0 Å². The van der Waals surface area contributed by atoms with Crippen molar-refractivity contribution in [2.24, 2.45) is 0 Å². The Morgan fingerprint density at radius 3 is 2.29 bits per heavy atom. The zero-order valence-corrected chi connectivity index (χ0v) is 11.2. The molecule has 0 aromatic heterocycles. The van der Waals surface area contributed by atoms with Gasteiger partial charge in [-0.05, 0) is 32.8 Å². The molecule has 94 valence electrons. The second-order valence-electron chi connectivity index (χ2n) is 5.57. The van der Waals surface area contributed by atoms with Gasteiger partial charge >= 0.3 is 0 Å². The van der Waals surface area contributed by atoms with Crippen LogP contribution in [0.4, 0.5) is 0 Å².